The van der Waals surface area contributed by atoms with Crippen molar-refractivity contribution in [2.24, 2.45) is 0 Å². The number of aromatic nitrogens is 3. The van der Waals surface area contributed by atoms with Crippen LogP contribution in [0.3, 0.4) is 0 Å². The van der Waals surface area contributed by atoms with Crippen molar-refractivity contribution in [3.63, 3.8) is 0 Å². The maximum atomic E-state index is 15.2. The first-order chi connectivity index (χ1) is 17.8. The number of anilines is 1. The Morgan fingerprint density at radius 3 is 2.57 bits per heavy atom. The van der Waals surface area contributed by atoms with E-state index < -0.39 is 32.9 Å². The van der Waals surface area contributed by atoms with Crippen molar-refractivity contribution < 1.29 is 21.9 Å². The summed E-state index contributed by atoms with van der Waals surface area (Å²) in [6.07, 6.45) is 1.88. The molecule has 37 heavy (non-hydrogen) atoms. The van der Waals surface area contributed by atoms with Crippen LogP contribution in [0.15, 0.2) is 42.6 Å². The van der Waals surface area contributed by atoms with E-state index in [2.05, 4.69) is 20.1 Å². The van der Waals surface area contributed by atoms with Gasteiger partial charge in [-0.05, 0) is 31.5 Å². The SMILES string of the molecule is CCCS(=O)(=O)Cc1ccc(F)c(-n2cc(-c3cccc(N4CCN(CCOCC)CC4)c3)nn2)c1F. The molecular formula is C26H33F2N5O3S. The van der Waals surface area contributed by atoms with Crippen LogP contribution < -0.4 is 4.90 Å². The number of piperazine rings is 1. The highest BCUT2D eigenvalue weighted by Gasteiger charge is 2.22. The highest BCUT2D eigenvalue weighted by Crippen LogP contribution is 2.27. The maximum absolute atomic E-state index is 15.2. The van der Waals surface area contributed by atoms with Crippen LogP contribution in [0.4, 0.5) is 14.5 Å². The van der Waals surface area contributed by atoms with Gasteiger partial charge in [-0.3, -0.25) is 4.90 Å². The van der Waals surface area contributed by atoms with Gasteiger partial charge in [0.2, 0.25) is 0 Å². The average Bonchev–Trinajstić information content (AvgIpc) is 3.36. The molecule has 0 N–H and O–H groups in total. The summed E-state index contributed by atoms with van der Waals surface area (Å²) in [4.78, 5) is 4.68. The van der Waals surface area contributed by atoms with Crippen molar-refractivity contribution >= 4 is 15.5 Å². The maximum Gasteiger partial charge on any atom is 0.156 e. The van der Waals surface area contributed by atoms with Crippen molar-refractivity contribution in [2.45, 2.75) is 26.0 Å². The fourth-order valence-electron chi connectivity index (χ4n) is 4.46. The van der Waals surface area contributed by atoms with Gasteiger partial charge >= 0.3 is 0 Å². The van der Waals surface area contributed by atoms with E-state index in [0.29, 0.717) is 12.1 Å². The molecule has 200 valence electrons. The third kappa shape index (κ3) is 6.71. The minimum Gasteiger partial charge on any atom is -0.380 e. The smallest absolute Gasteiger partial charge is 0.156 e. The summed E-state index contributed by atoms with van der Waals surface area (Å²) in [5.41, 5.74) is 1.73. The van der Waals surface area contributed by atoms with Crippen LogP contribution in [-0.4, -0.2) is 80.0 Å². The topological polar surface area (TPSA) is 80.6 Å². The monoisotopic (exact) mass is 533 g/mol. The van der Waals surface area contributed by atoms with Crippen molar-refractivity contribution in [1.29, 1.82) is 0 Å². The highest BCUT2D eigenvalue weighted by atomic mass is 32.2. The summed E-state index contributed by atoms with van der Waals surface area (Å²) in [7, 11) is -3.50. The zero-order chi connectivity index (χ0) is 26.4. The summed E-state index contributed by atoms with van der Waals surface area (Å²) in [5.74, 6) is -2.36. The lowest BCUT2D eigenvalue weighted by molar-refractivity contribution is 0.111. The van der Waals surface area contributed by atoms with Crippen molar-refractivity contribution in [3.05, 3.63) is 59.8 Å². The quantitative estimate of drug-likeness (QED) is 0.348. The molecule has 0 spiro atoms. The molecule has 1 aliphatic rings. The zero-order valence-electron chi connectivity index (χ0n) is 21.2. The first-order valence-corrected chi connectivity index (χ1v) is 14.4. The Morgan fingerprint density at radius 2 is 1.84 bits per heavy atom. The van der Waals surface area contributed by atoms with E-state index in [-0.39, 0.29) is 11.3 Å². The van der Waals surface area contributed by atoms with Crippen molar-refractivity contribution in [2.75, 3.05) is 56.6 Å². The van der Waals surface area contributed by atoms with Crippen molar-refractivity contribution in [1.82, 2.24) is 19.9 Å². The molecule has 2 heterocycles. The number of sulfone groups is 1. The Kier molecular flexibility index (Phi) is 8.88. The second-order valence-corrected chi connectivity index (χ2v) is 11.3. The second kappa shape index (κ2) is 12.1. The van der Waals surface area contributed by atoms with E-state index >= 15 is 4.39 Å². The Morgan fingerprint density at radius 1 is 1.05 bits per heavy atom. The third-order valence-electron chi connectivity index (χ3n) is 6.40. The van der Waals surface area contributed by atoms with E-state index in [1.165, 1.54) is 12.3 Å². The molecule has 0 aliphatic carbocycles. The van der Waals surface area contributed by atoms with Crippen LogP contribution in [0.25, 0.3) is 16.9 Å². The summed E-state index contributed by atoms with van der Waals surface area (Å²) >= 11 is 0. The number of ether oxygens (including phenoxy) is 1. The lowest BCUT2D eigenvalue weighted by atomic mass is 10.1. The predicted octanol–water partition coefficient (Wildman–Crippen LogP) is 3.70. The Labute approximate surface area is 216 Å². The number of nitrogens with zero attached hydrogens (tertiary/aromatic N) is 5. The average molecular weight is 534 g/mol. The predicted molar refractivity (Wildman–Crippen MR) is 140 cm³/mol. The molecule has 1 saturated heterocycles. The third-order valence-corrected chi connectivity index (χ3v) is 8.18. The molecule has 11 heteroatoms. The number of hydrogen-bond donors (Lipinski definition) is 0. The second-order valence-electron chi connectivity index (χ2n) is 9.09. The van der Waals surface area contributed by atoms with E-state index in [9.17, 15) is 12.8 Å². The summed E-state index contributed by atoms with van der Waals surface area (Å²) in [6, 6.07) is 10.0. The summed E-state index contributed by atoms with van der Waals surface area (Å²) in [6.45, 7) is 9.76. The molecule has 0 radical (unpaired) electrons. The van der Waals surface area contributed by atoms with Gasteiger partial charge in [-0.1, -0.05) is 30.3 Å². The van der Waals surface area contributed by atoms with Gasteiger partial charge in [0, 0.05) is 56.1 Å². The fourth-order valence-corrected chi connectivity index (χ4v) is 5.92. The molecule has 0 bridgehead atoms. The molecule has 2 aromatic carbocycles. The van der Waals surface area contributed by atoms with Crippen LogP contribution in [0, 0.1) is 11.6 Å². The lowest BCUT2D eigenvalue weighted by Crippen LogP contribution is -2.47. The molecule has 0 atom stereocenters. The van der Waals surface area contributed by atoms with Crippen molar-refractivity contribution in [3.8, 4) is 16.9 Å². The molecule has 4 rings (SSSR count). The van der Waals surface area contributed by atoms with Crippen LogP contribution in [0.5, 0.6) is 0 Å². The van der Waals surface area contributed by atoms with Gasteiger partial charge in [-0.15, -0.1) is 5.10 Å². The molecule has 1 aliphatic heterocycles. The normalized spacial score (nSPS) is 14.9. The largest absolute Gasteiger partial charge is 0.380 e. The fraction of sp³-hybridized carbons (Fsp3) is 0.462. The van der Waals surface area contributed by atoms with E-state index in [1.807, 2.05) is 31.2 Å². The van der Waals surface area contributed by atoms with Gasteiger partial charge in [-0.25, -0.2) is 21.9 Å². The lowest BCUT2D eigenvalue weighted by Gasteiger charge is -2.36. The Balaban J connectivity index is 1.51. The first kappa shape index (κ1) is 27.2. The number of benzene rings is 2. The van der Waals surface area contributed by atoms with Crippen LogP contribution >= 0.6 is 0 Å². The van der Waals surface area contributed by atoms with Crippen LogP contribution in [-0.2, 0) is 20.3 Å². The van der Waals surface area contributed by atoms with Gasteiger partial charge in [0.25, 0.3) is 0 Å². The summed E-state index contributed by atoms with van der Waals surface area (Å²) in [5, 5.41) is 8.09. The molecule has 1 aromatic heterocycles. The highest BCUT2D eigenvalue weighted by molar-refractivity contribution is 7.90. The number of halogens is 2. The molecule has 0 amide bonds. The number of hydrogen-bond acceptors (Lipinski definition) is 7. The van der Waals surface area contributed by atoms with Gasteiger partial charge in [0.05, 0.1) is 24.3 Å². The minimum atomic E-state index is -3.50. The Bertz CT molecular complexity index is 1310. The number of rotatable bonds is 11. The molecule has 3 aromatic rings. The molecular weight excluding hydrogens is 500 g/mol. The summed E-state index contributed by atoms with van der Waals surface area (Å²) < 4.78 is 60.8. The molecule has 1 fully saturated rings. The van der Waals surface area contributed by atoms with Gasteiger partial charge < -0.3 is 9.64 Å². The zero-order valence-corrected chi connectivity index (χ0v) is 22.1. The molecule has 0 saturated carbocycles. The molecule has 0 unspecified atom stereocenters. The standard InChI is InChI=1S/C26H33F2N5O3S/c1-3-16-37(34,35)19-21-8-9-23(27)26(25(21)28)33-18-24(29-30-33)20-6-5-7-22(17-20)32-12-10-31(11-13-32)14-15-36-4-2/h5-9,17-18H,3-4,10-16,19H2,1-2H3. The molecule has 8 nitrogen and oxygen atoms in total. The van der Waals surface area contributed by atoms with E-state index in [4.69, 9.17) is 4.74 Å². The van der Waals surface area contributed by atoms with Gasteiger partial charge in [-0.2, -0.15) is 0 Å². The first-order valence-electron chi connectivity index (χ1n) is 12.6. The van der Waals surface area contributed by atoms with Gasteiger partial charge in [0.15, 0.2) is 21.5 Å². The Hall–Kier alpha value is -2.89. The van der Waals surface area contributed by atoms with Gasteiger partial charge in [0.1, 0.15) is 11.4 Å². The van der Waals surface area contributed by atoms with E-state index in [1.54, 1.807) is 6.92 Å². The van der Waals surface area contributed by atoms with Crippen LogP contribution in [0.2, 0.25) is 0 Å². The van der Waals surface area contributed by atoms with E-state index in [0.717, 1.165) is 67.9 Å². The minimum absolute atomic E-state index is 0.0642. The van der Waals surface area contributed by atoms with Crippen LogP contribution in [0.1, 0.15) is 25.8 Å².